The Morgan fingerprint density at radius 2 is 2.26 bits per heavy atom. The second-order valence-electron chi connectivity index (χ2n) is 4.54. The van der Waals surface area contributed by atoms with Crippen molar-refractivity contribution in [3.05, 3.63) is 22.8 Å². The lowest BCUT2D eigenvalue weighted by Gasteiger charge is -2.21. The summed E-state index contributed by atoms with van der Waals surface area (Å²) in [6.07, 6.45) is -1.71. The van der Waals surface area contributed by atoms with Crippen molar-refractivity contribution in [2.75, 3.05) is 11.9 Å². The van der Waals surface area contributed by atoms with E-state index in [1.807, 2.05) is 6.92 Å². The van der Waals surface area contributed by atoms with Gasteiger partial charge in [-0.2, -0.15) is 13.2 Å². The molecule has 19 heavy (non-hydrogen) atoms. The van der Waals surface area contributed by atoms with Crippen molar-refractivity contribution in [3.8, 4) is 0 Å². The molecule has 2 rings (SSSR count). The summed E-state index contributed by atoms with van der Waals surface area (Å²) in [5, 5.41) is 2.95. The van der Waals surface area contributed by atoms with Crippen LogP contribution in [-0.4, -0.2) is 23.7 Å². The van der Waals surface area contributed by atoms with Gasteiger partial charge in [-0.05, 0) is 25.8 Å². The molecule has 0 aliphatic carbocycles. The van der Waals surface area contributed by atoms with E-state index >= 15 is 0 Å². The fraction of sp³-hybridized carbons (Fsp3) is 0.583. The van der Waals surface area contributed by atoms with E-state index < -0.39 is 11.7 Å². The second-order valence-corrected chi connectivity index (χ2v) is 4.94. The Morgan fingerprint density at radius 1 is 1.53 bits per heavy atom. The normalized spacial score (nSPS) is 21.4. The topological polar surface area (TPSA) is 34.2 Å². The Hall–Kier alpha value is -1.01. The highest BCUT2D eigenvalue weighted by molar-refractivity contribution is 6.33. The standard InChI is InChI=1S/C12H14ClF3N2O/c1-7(10-3-2-4-19-10)18-11-9(13)5-8(6-17-11)12(14,15)16/h5-7,10H,2-4H2,1H3,(H,17,18). The number of nitrogens with one attached hydrogen (secondary N) is 1. The van der Waals surface area contributed by atoms with Gasteiger partial charge in [-0.1, -0.05) is 11.6 Å². The van der Waals surface area contributed by atoms with Crippen LogP contribution in [-0.2, 0) is 10.9 Å². The van der Waals surface area contributed by atoms with E-state index in [-0.39, 0.29) is 23.0 Å². The summed E-state index contributed by atoms with van der Waals surface area (Å²) in [5.74, 6) is 0.248. The molecule has 7 heteroatoms. The Kier molecular flexibility index (Phi) is 4.20. The zero-order chi connectivity index (χ0) is 14.0. The van der Waals surface area contributed by atoms with Gasteiger partial charge in [0.2, 0.25) is 0 Å². The summed E-state index contributed by atoms with van der Waals surface area (Å²) in [6.45, 7) is 2.61. The Bertz CT molecular complexity index is 447. The molecule has 2 atom stereocenters. The molecule has 1 N–H and O–H groups in total. The molecule has 0 spiro atoms. The Morgan fingerprint density at radius 3 is 2.79 bits per heavy atom. The minimum Gasteiger partial charge on any atom is -0.376 e. The lowest BCUT2D eigenvalue weighted by Crippen LogP contribution is -2.30. The lowest BCUT2D eigenvalue weighted by atomic mass is 10.1. The first-order chi connectivity index (χ1) is 8.88. The number of ether oxygens (including phenoxy) is 1. The van der Waals surface area contributed by atoms with Crippen molar-refractivity contribution < 1.29 is 17.9 Å². The molecule has 0 bridgehead atoms. The van der Waals surface area contributed by atoms with Crippen LogP contribution in [0.2, 0.25) is 5.02 Å². The first kappa shape index (κ1) is 14.4. The van der Waals surface area contributed by atoms with Crippen molar-refractivity contribution in [1.29, 1.82) is 0 Å². The van der Waals surface area contributed by atoms with Crippen LogP contribution in [0.15, 0.2) is 12.3 Å². The van der Waals surface area contributed by atoms with E-state index in [2.05, 4.69) is 10.3 Å². The van der Waals surface area contributed by atoms with E-state index in [1.165, 1.54) is 0 Å². The predicted octanol–water partition coefficient (Wildman–Crippen LogP) is 3.73. The van der Waals surface area contributed by atoms with Gasteiger partial charge in [0.1, 0.15) is 5.82 Å². The summed E-state index contributed by atoms with van der Waals surface area (Å²) in [7, 11) is 0. The van der Waals surface area contributed by atoms with Crippen molar-refractivity contribution in [3.63, 3.8) is 0 Å². The summed E-state index contributed by atoms with van der Waals surface area (Å²) in [5.41, 5.74) is -0.854. The number of anilines is 1. The van der Waals surface area contributed by atoms with Gasteiger partial charge in [0.15, 0.2) is 0 Å². The third-order valence-corrected chi connectivity index (χ3v) is 3.34. The van der Waals surface area contributed by atoms with Gasteiger partial charge >= 0.3 is 6.18 Å². The molecule has 2 heterocycles. The molecule has 1 aliphatic rings. The van der Waals surface area contributed by atoms with Crippen molar-refractivity contribution in [2.24, 2.45) is 0 Å². The maximum absolute atomic E-state index is 12.5. The van der Waals surface area contributed by atoms with Crippen LogP contribution in [0.25, 0.3) is 0 Å². The maximum atomic E-state index is 12.5. The van der Waals surface area contributed by atoms with E-state index in [0.717, 1.165) is 25.1 Å². The van der Waals surface area contributed by atoms with Crippen LogP contribution in [0.4, 0.5) is 19.0 Å². The molecule has 1 aromatic rings. The average molecular weight is 295 g/mol. The number of rotatable bonds is 3. The van der Waals surface area contributed by atoms with E-state index in [1.54, 1.807) is 0 Å². The molecule has 1 aromatic heterocycles. The van der Waals surface area contributed by atoms with Crippen molar-refractivity contribution in [1.82, 2.24) is 4.98 Å². The first-order valence-corrected chi connectivity index (χ1v) is 6.36. The molecule has 1 aliphatic heterocycles. The van der Waals surface area contributed by atoms with Crippen molar-refractivity contribution in [2.45, 2.75) is 38.1 Å². The molecule has 2 unspecified atom stereocenters. The third kappa shape index (κ3) is 3.51. The zero-order valence-electron chi connectivity index (χ0n) is 10.3. The first-order valence-electron chi connectivity index (χ1n) is 5.99. The molecule has 0 radical (unpaired) electrons. The quantitative estimate of drug-likeness (QED) is 0.922. The second kappa shape index (κ2) is 5.54. The van der Waals surface area contributed by atoms with E-state index in [0.29, 0.717) is 6.61 Å². The molecular weight excluding hydrogens is 281 g/mol. The Labute approximate surface area is 114 Å². The monoisotopic (exact) mass is 294 g/mol. The fourth-order valence-electron chi connectivity index (χ4n) is 2.00. The fourth-order valence-corrected chi connectivity index (χ4v) is 2.23. The highest BCUT2D eigenvalue weighted by Gasteiger charge is 2.32. The number of nitrogens with zero attached hydrogens (tertiary/aromatic N) is 1. The Balaban J connectivity index is 2.08. The van der Waals surface area contributed by atoms with Gasteiger partial charge in [-0.15, -0.1) is 0 Å². The van der Waals surface area contributed by atoms with Crippen molar-refractivity contribution >= 4 is 17.4 Å². The van der Waals surface area contributed by atoms with Crippen LogP contribution in [0.1, 0.15) is 25.3 Å². The summed E-state index contributed by atoms with van der Waals surface area (Å²) in [4.78, 5) is 3.74. The number of pyridine rings is 1. The number of hydrogen-bond donors (Lipinski definition) is 1. The summed E-state index contributed by atoms with van der Waals surface area (Å²) in [6, 6.07) is 0.822. The minimum atomic E-state index is -4.44. The van der Waals surface area contributed by atoms with E-state index in [4.69, 9.17) is 16.3 Å². The third-order valence-electron chi connectivity index (χ3n) is 3.06. The minimum absolute atomic E-state index is 0.0418. The van der Waals surface area contributed by atoms with E-state index in [9.17, 15) is 13.2 Å². The zero-order valence-corrected chi connectivity index (χ0v) is 11.1. The number of hydrogen-bond acceptors (Lipinski definition) is 3. The molecule has 3 nitrogen and oxygen atoms in total. The van der Waals surface area contributed by atoms with Crippen LogP contribution in [0, 0.1) is 0 Å². The lowest BCUT2D eigenvalue weighted by molar-refractivity contribution is -0.137. The van der Waals surface area contributed by atoms with Gasteiger partial charge < -0.3 is 10.1 Å². The molecule has 106 valence electrons. The molecule has 0 saturated carbocycles. The average Bonchev–Trinajstić information content (AvgIpc) is 2.84. The van der Waals surface area contributed by atoms with Gasteiger partial charge in [0, 0.05) is 12.8 Å². The van der Waals surface area contributed by atoms with Crippen LogP contribution >= 0.6 is 11.6 Å². The van der Waals surface area contributed by atoms with Crippen LogP contribution in [0.3, 0.4) is 0 Å². The molecule has 1 fully saturated rings. The SMILES string of the molecule is CC(Nc1ncc(C(F)(F)F)cc1Cl)C1CCCO1. The van der Waals surface area contributed by atoms with Crippen LogP contribution < -0.4 is 5.32 Å². The number of aromatic nitrogens is 1. The predicted molar refractivity (Wildman–Crippen MR) is 66.3 cm³/mol. The summed E-state index contributed by atoms with van der Waals surface area (Å²) >= 11 is 5.82. The van der Waals surface area contributed by atoms with Gasteiger partial charge in [-0.25, -0.2) is 4.98 Å². The van der Waals surface area contributed by atoms with Gasteiger partial charge in [-0.3, -0.25) is 0 Å². The number of halogens is 4. The summed E-state index contributed by atoms with van der Waals surface area (Å²) < 4.78 is 42.9. The van der Waals surface area contributed by atoms with Gasteiger partial charge in [0.25, 0.3) is 0 Å². The molecular formula is C12H14ClF3N2O. The maximum Gasteiger partial charge on any atom is 0.417 e. The van der Waals surface area contributed by atoms with Crippen LogP contribution in [0.5, 0.6) is 0 Å². The largest absolute Gasteiger partial charge is 0.417 e. The highest BCUT2D eigenvalue weighted by Crippen LogP contribution is 2.32. The van der Waals surface area contributed by atoms with Gasteiger partial charge in [0.05, 0.1) is 22.7 Å². The smallest absolute Gasteiger partial charge is 0.376 e. The molecule has 0 amide bonds. The number of alkyl halides is 3. The molecule has 0 aromatic carbocycles. The molecule has 1 saturated heterocycles. The highest BCUT2D eigenvalue weighted by atomic mass is 35.5.